The lowest BCUT2D eigenvalue weighted by atomic mass is 10.1. The van der Waals surface area contributed by atoms with Crippen LogP contribution >= 0.6 is 0 Å². The molecule has 122 valence electrons. The zero-order valence-electron chi connectivity index (χ0n) is 12.5. The van der Waals surface area contributed by atoms with Crippen LogP contribution < -0.4 is 5.32 Å². The van der Waals surface area contributed by atoms with Crippen LogP contribution in [0.2, 0.25) is 0 Å². The van der Waals surface area contributed by atoms with Crippen LogP contribution in [-0.2, 0) is 14.4 Å². The largest absolute Gasteiger partial charge is 0.507 e. The zero-order chi connectivity index (χ0) is 17.0. The van der Waals surface area contributed by atoms with E-state index in [4.69, 9.17) is 4.84 Å². The molecule has 1 saturated heterocycles. The van der Waals surface area contributed by atoms with Crippen LogP contribution in [0.4, 0.5) is 0 Å². The van der Waals surface area contributed by atoms with Gasteiger partial charge in [0, 0.05) is 24.9 Å². The second-order valence-corrected chi connectivity index (χ2v) is 4.95. The molecule has 0 radical (unpaired) electrons. The maximum Gasteiger partial charge on any atom is 0.367 e. The van der Waals surface area contributed by atoms with Crippen molar-refractivity contribution in [1.29, 1.82) is 0 Å². The molecule has 1 aromatic carbocycles. The van der Waals surface area contributed by atoms with Gasteiger partial charge in [-0.05, 0) is 24.6 Å². The second-order valence-electron chi connectivity index (χ2n) is 4.95. The summed E-state index contributed by atoms with van der Waals surface area (Å²) in [6, 6.07) is 3.66. The predicted octanol–water partition coefficient (Wildman–Crippen LogP) is 0.753. The molecule has 0 aromatic heterocycles. The molecule has 0 spiro atoms. The molecule has 0 saturated carbocycles. The Morgan fingerprint density at radius 3 is 2.48 bits per heavy atom. The highest BCUT2D eigenvalue weighted by Gasteiger charge is 2.33. The molecular weight excluding hydrogens is 304 g/mol. The maximum atomic E-state index is 11.9. The average molecular weight is 320 g/mol. The number of carbonyl (C=O) groups is 4. The zero-order valence-corrected chi connectivity index (χ0v) is 12.5. The Morgan fingerprint density at radius 2 is 1.91 bits per heavy atom. The van der Waals surface area contributed by atoms with E-state index in [1.165, 1.54) is 12.1 Å². The first-order chi connectivity index (χ1) is 10.9. The first-order valence-electron chi connectivity index (χ1n) is 7.13. The molecule has 1 aliphatic rings. The number of carbonyl (C=O) groups excluding carboxylic acids is 4. The first-order valence-corrected chi connectivity index (χ1v) is 7.13. The molecule has 3 amide bonds. The minimum Gasteiger partial charge on any atom is -0.507 e. The van der Waals surface area contributed by atoms with Gasteiger partial charge in [0.15, 0.2) is 0 Å². The Bertz CT molecular complexity index is 654. The summed E-state index contributed by atoms with van der Waals surface area (Å²) in [6.07, 6.45) is 0.725. The molecule has 1 aliphatic heterocycles. The van der Waals surface area contributed by atoms with Gasteiger partial charge < -0.3 is 15.3 Å². The lowest BCUT2D eigenvalue weighted by Gasteiger charge is -2.13. The van der Waals surface area contributed by atoms with E-state index in [0.717, 1.165) is 12.5 Å². The molecular formula is C15H16N2O6. The molecule has 0 atom stereocenters. The predicted molar refractivity (Wildman–Crippen MR) is 77.2 cm³/mol. The van der Waals surface area contributed by atoms with Crippen LogP contribution in [0.15, 0.2) is 18.2 Å². The lowest BCUT2D eigenvalue weighted by Crippen LogP contribution is -2.32. The van der Waals surface area contributed by atoms with Crippen LogP contribution in [0.25, 0.3) is 0 Å². The van der Waals surface area contributed by atoms with E-state index in [-0.39, 0.29) is 29.9 Å². The number of phenolic OH excluding ortho intramolecular Hbond substituents is 1. The molecule has 1 fully saturated rings. The van der Waals surface area contributed by atoms with Gasteiger partial charge in [-0.1, -0.05) is 6.92 Å². The summed E-state index contributed by atoms with van der Waals surface area (Å²) >= 11 is 0. The molecule has 0 aliphatic carbocycles. The van der Waals surface area contributed by atoms with Crippen LogP contribution in [0.1, 0.15) is 46.9 Å². The highest BCUT2D eigenvalue weighted by atomic mass is 16.7. The van der Waals surface area contributed by atoms with Crippen molar-refractivity contribution in [3.8, 4) is 5.75 Å². The number of hydrogen-bond acceptors (Lipinski definition) is 6. The first kappa shape index (κ1) is 16.5. The molecule has 1 heterocycles. The smallest absolute Gasteiger partial charge is 0.367 e. The Hall–Kier alpha value is -2.90. The number of nitrogens with one attached hydrogen (secondary N) is 1. The molecule has 23 heavy (non-hydrogen) atoms. The van der Waals surface area contributed by atoms with Gasteiger partial charge in [-0.25, -0.2) is 4.79 Å². The third kappa shape index (κ3) is 3.65. The summed E-state index contributed by atoms with van der Waals surface area (Å²) < 4.78 is 0. The van der Waals surface area contributed by atoms with Crippen molar-refractivity contribution >= 4 is 23.7 Å². The summed E-state index contributed by atoms with van der Waals surface area (Å²) in [5.41, 5.74) is -0.0645. The Labute approximate surface area is 132 Å². The van der Waals surface area contributed by atoms with Crippen molar-refractivity contribution in [2.24, 2.45) is 0 Å². The summed E-state index contributed by atoms with van der Waals surface area (Å²) in [7, 11) is 0. The molecule has 8 nitrogen and oxygen atoms in total. The number of benzene rings is 1. The van der Waals surface area contributed by atoms with Gasteiger partial charge in [0.25, 0.3) is 17.7 Å². The van der Waals surface area contributed by atoms with Crippen molar-refractivity contribution in [1.82, 2.24) is 10.4 Å². The number of hydroxylamine groups is 2. The van der Waals surface area contributed by atoms with Gasteiger partial charge in [-0.15, -0.1) is 5.06 Å². The standard InChI is InChI=1S/C15H16N2O6/c1-2-7-16-14(21)9-3-4-10(11(18)8-9)15(22)23-17-12(19)5-6-13(17)20/h3-4,8,18H,2,5-7H2,1H3,(H,16,21). The molecule has 0 unspecified atom stereocenters. The van der Waals surface area contributed by atoms with E-state index in [2.05, 4.69) is 5.32 Å². The molecule has 0 bridgehead atoms. The van der Waals surface area contributed by atoms with E-state index in [9.17, 15) is 24.3 Å². The molecule has 1 aromatic rings. The molecule has 2 N–H and O–H groups in total. The van der Waals surface area contributed by atoms with Crippen LogP contribution in [0, 0.1) is 0 Å². The number of aromatic hydroxyl groups is 1. The number of nitrogens with zero attached hydrogens (tertiary/aromatic N) is 1. The summed E-state index contributed by atoms with van der Waals surface area (Å²) in [5.74, 6) is -3.13. The van der Waals surface area contributed by atoms with E-state index in [1.54, 1.807) is 0 Å². The molecule has 8 heteroatoms. The Morgan fingerprint density at radius 1 is 1.26 bits per heavy atom. The van der Waals surface area contributed by atoms with Gasteiger partial charge in [0.1, 0.15) is 11.3 Å². The minimum absolute atomic E-state index is 0.0192. The number of phenols is 1. The fourth-order valence-corrected chi connectivity index (χ4v) is 1.98. The highest BCUT2D eigenvalue weighted by molar-refractivity contribution is 6.03. The maximum absolute atomic E-state index is 11.9. The topological polar surface area (TPSA) is 113 Å². The molecule has 2 rings (SSSR count). The summed E-state index contributed by atoms with van der Waals surface area (Å²) in [6.45, 7) is 2.39. The van der Waals surface area contributed by atoms with Gasteiger partial charge >= 0.3 is 5.97 Å². The fraction of sp³-hybridized carbons (Fsp3) is 0.333. The quantitative estimate of drug-likeness (QED) is 0.774. The van der Waals surface area contributed by atoms with E-state index in [0.29, 0.717) is 11.6 Å². The lowest BCUT2D eigenvalue weighted by molar-refractivity contribution is -0.172. The van der Waals surface area contributed by atoms with Crippen molar-refractivity contribution in [3.63, 3.8) is 0 Å². The van der Waals surface area contributed by atoms with Crippen LogP contribution in [-0.4, -0.2) is 40.4 Å². The van der Waals surface area contributed by atoms with Gasteiger partial charge in [0.05, 0.1) is 0 Å². The highest BCUT2D eigenvalue weighted by Crippen LogP contribution is 2.22. The van der Waals surface area contributed by atoms with Crippen molar-refractivity contribution < 1.29 is 29.1 Å². The minimum atomic E-state index is -1.05. The summed E-state index contributed by atoms with van der Waals surface area (Å²) in [5, 5.41) is 12.9. The van der Waals surface area contributed by atoms with Crippen molar-refractivity contribution in [3.05, 3.63) is 29.3 Å². The second kappa shape index (κ2) is 6.91. The monoisotopic (exact) mass is 320 g/mol. The number of amides is 3. The van der Waals surface area contributed by atoms with Crippen LogP contribution in [0.3, 0.4) is 0 Å². The SMILES string of the molecule is CCCNC(=O)c1ccc(C(=O)ON2C(=O)CCC2=O)c(O)c1. The fourth-order valence-electron chi connectivity index (χ4n) is 1.98. The van der Waals surface area contributed by atoms with Crippen molar-refractivity contribution in [2.45, 2.75) is 26.2 Å². The Kier molecular flexibility index (Phi) is 4.95. The third-order valence-corrected chi connectivity index (χ3v) is 3.20. The van der Waals surface area contributed by atoms with Crippen LogP contribution in [0.5, 0.6) is 5.75 Å². The van der Waals surface area contributed by atoms with E-state index < -0.39 is 23.5 Å². The number of rotatable bonds is 5. The normalized spacial score (nSPS) is 14.0. The van der Waals surface area contributed by atoms with Gasteiger partial charge in [-0.2, -0.15) is 0 Å². The number of imide groups is 1. The van der Waals surface area contributed by atoms with E-state index in [1.807, 2.05) is 6.92 Å². The number of hydrogen-bond donors (Lipinski definition) is 2. The Balaban J connectivity index is 2.11. The average Bonchev–Trinajstić information content (AvgIpc) is 2.84. The van der Waals surface area contributed by atoms with Gasteiger partial charge in [0.2, 0.25) is 0 Å². The van der Waals surface area contributed by atoms with E-state index >= 15 is 0 Å². The summed E-state index contributed by atoms with van der Waals surface area (Å²) in [4.78, 5) is 51.2. The third-order valence-electron chi connectivity index (χ3n) is 3.20. The van der Waals surface area contributed by atoms with Crippen molar-refractivity contribution in [2.75, 3.05) is 6.54 Å². The van der Waals surface area contributed by atoms with Gasteiger partial charge in [-0.3, -0.25) is 14.4 Å².